The molecule has 162 valence electrons. The van der Waals surface area contributed by atoms with E-state index in [9.17, 15) is 9.59 Å². The van der Waals surface area contributed by atoms with Crippen LogP contribution in [0.2, 0.25) is 5.02 Å². The summed E-state index contributed by atoms with van der Waals surface area (Å²) < 4.78 is 10.5. The quantitative estimate of drug-likeness (QED) is 0.519. The molecule has 0 bridgehead atoms. The summed E-state index contributed by atoms with van der Waals surface area (Å²) in [7, 11) is 0. The molecule has 3 rings (SSSR count). The van der Waals surface area contributed by atoms with E-state index < -0.39 is 5.91 Å². The van der Waals surface area contributed by atoms with Crippen LogP contribution in [0.15, 0.2) is 40.9 Å². The van der Waals surface area contributed by atoms with Crippen molar-refractivity contribution < 1.29 is 18.8 Å². The molecular weight excluding hydrogens is 420 g/mol. The summed E-state index contributed by atoms with van der Waals surface area (Å²) >= 11 is 6.12. The molecule has 0 aliphatic rings. The van der Waals surface area contributed by atoms with Gasteiger partial charge in [-0.25, -0.2) is 0 Å². The summed E-state index contributed by atoms with van der Waals surface area (Å²) in [5, 5.41) is 9.80. The van der Waals surface area contributed by atoms with Gasteiger partial charge in [0.05, 0.1) is 0 Å². The van der Waals surface area contributed by atoms with Gasteiger partial charge in [-0.15, -0.1) is 0 Å². The van der Waals surface area contributed by atoms with Gasteiger partial charge in [-0.3, -0.25) is 9.59 Å². The molecule has 8 nitrogen and oxygen atoms in total. The topological polar surface area (TPSA) is 106 Å². The van der Waals surface area contributed by atoms with Crippen LogP contribution in [-0.2, 0) is 4.79 Å². The van der Waals surface area contributed by atoms with E-state index in [-0.39, 0.29) is 31.5 Å². The molecule has 2 amide bonds. The minimum absolute atomic E-state index is 0.139. The molecular formula is C22H23ClN4O4. The molecule has 0 saturated heterocycles. The average molecular weight is 443 g/mol. The second-order valence-electron chi connectivity index (χ2n) is 7.06. The highest BCUT2D eigenvalue weighted by molar-refractivity contribution is 6.32. The van der Waals surface area contributed by atoms with Gasteiger partial charge >= 0.3 is 11.8 Å². The summed E-state index contributed by atoms with van der Waals surface area (Å²) in [6.45, 7) is 5.99. The molecule has 0 unspecified atom stereocenters. The maximum absolute atomic E-state index is 12.1. The number of amides is 2. The van der Waals surface area contributed by atoms with Gasteiger partial charge in [-0.05, 0) is 50.1 Å². The monoisotopic (exact) mass is 442 g/mol. The number of aryl methyl sites for hydroxylation is 3. The lowest BCUT2D eigenvalue weighted by molar-refractivity contribution is -0.123. The number of nitrogens with zero attached hydrogens (tertiary/aromatic N) is 2. The first-order chi connectivity index (χ1) is 14.8. The predicted molar refractivity (Wildman–Crippen MR) is 116 cm³/mol. The third-order valence-electron chi connectivity index (χ3n) is 4.41. The summed E-state index contributed by atoms with van der Waals surface area (Å²) in [5.74, 6) is -0.0432. The highest BCUT2D eigenvalue weighted by atomic mass is 35.5. The van der Waals surface area contributed by atoms with Crippen molar-refractivity contribution in [2.75, 3.05) is 19.7 Å². The van der Waals surface area contributed by atoms with Crippen molar-refractivity contribution in [3.8, 4) is 17.1 Å². The van der Waals surface area contributed by atoms with Gasteiger partial charge in [0, 0.05) is 23.7 Å². The summed E-state index contributed by atoms with van der Waals surface area (Å²) in [4.78, 5) is 28.2. The van der Waals surface area contributed by atoms with Gasteiger partial charge in [0.25, 0.3) is 5.91 Å². The normalized spacial score (nSPS) is 10.6. The fourth-order valence-electron chi connectivity index (χ4n) is 2.86. The molecule has 1 heterocycles. The van der Waals surface area contributed by atoms with Gasteiger partial charge in [0.2, 0.25) is 5.82 Å². The van der Waals surface area contributed by atoms with Crippen molar-refractivity contribution in [3.05, 3.63) is 64.0 Å². The van der Waals surface area contributed by atoms with E-state index in [0.29, 0.717) is 16.6 Å². The Hall–Kier alpha value is -3.39. The Bertz CT molecular complexity index is 1070. The van der Waals surface area contributed by atoms with Crippen LogP contribution in [0.25, 0.3) is 11.4 Å². The lowest BCUT2D eigenvalue weighted by Gasteiger charge is -2.10. The highest BCUT2D eigenvalue weighted by Crippen LogP contribution is 2.25. The second-order valence-corrected chi connectivity index (χ2v) is 7.44. The zero-order valence-electron chi connectivity index (χ0n) is 17.5. The largest absolute Gasteiger partial charge is 0.484 e. The molecule has 1 aromatic heterocycles. The number of nitrogens with one attached hydrogen (secondary N) is 2. The minimum atomic E-state index is -0.510. The number of halogens is 1. The lowest BCUT2D eigenvalue weighted by Crippen LogP contribution is -2.36. The summed E-state index contributed by atoms with van der Waals surface area (Å²) in [6.07, 6.45) is 0. The molecule has 3 aromatic rings. The van der Waals surface area contributed by atoms with Crippen LogP contribution in [0, 0.1) is 20.8 Å². The highest BCUT2D eigenvalue weighted by Gasteiger charge is 2.16. The fourth-order valence-corrected chi connectivity index (χ4v) is 2.97. The van der Waals surface area contributed by atoms with E-state index in [1.807, 2.05) is 45.0 Å². The average Bonchev–Trinajstić information content (AvgIpc) is 3.24. The Labute approximate surface area is 184 Å². The Morgan fingerprint density at radius 3 is 2.48 bits per heavy atom. The first-order valence-corrected chi connectivity index (χ1v) is 10.1. The first-order valence-electron chi connectivity index (χ1n) is 9.68. The smallest absolute Gasteiger partial charge is 0.316 e. The molecule has 0 spiro atoms. The Morgan fingerprint density at radius 1 is 1.06 bits per heavy atom. The molecule has 0 atom stereocenters. The van der Waals surface area contributed by atoms with Crippen molar-refractivity contribution in [2.45, 2.75) is 20.8 Å². The Balaban J connectivity index is 1.40. The number of carbonyl (C=O) groups is 2. The van der Waals surface area contributed by atoms with Crippen LogP contribution < -0.4 is 15.4 Å². The molecule has 0 radical (unpaired) electrons. The number of hydrogen-bond donors (Lipinski definition) is 2. The molecule has 0 saturated carbocycles. The summed E-state index contributed by atoms with van der Waals surface area (Å²) in [6, 6.07) is 11.1. The van der Waals surface area contributed by atoms with E-state index in [0.717, 1.165) is 22.3 Å². The summed E-state index contributed by atoms with van der Waals surface area (Å²) in [5.41, 5.74) is 3.58. The van der Waals surface area contributed by atoms with Crippen LogP contribution in [0.5, 0.6) is 5.75 Å². The van der Waals surface area contributed by atoms with Gasteiger partial charge in [-0.1, -0.05) is 40.5 Å². The van der Waals surface area contributed by atoms with Crippen molar-refractivity contribution in [2.24, 2.45) is 0 Å². The van der Waals surface area contributed by atoms with E-state index >= 15 is 0 Å². The maximum atomic E-state index is 12.1. The fraction of sp³-hybridized carbons (Fsp3) is 0.273. The van der Waals surface area contributed by atoms with Gasteiger partial charge < -0.3 is 19.9 Å². The van der Waals surface area contributed by atoms with Gasteiger partial charge in [-0.2, -0.15) is 4.98 Å². The zero-order valence-corrected chi connectivity index (χ0v) is 18.2. The number of aromatic nitrogens is 2. The third-order valence-corrected chi connectivity index (χ3v) is 5.01. The van der Waals surface area contributed by atoms with E-state index in [4.69, 9.17) is 20.9 Å². The number of ether oxygens (including phenoxy) is 1. The molecule has 0 fully saturated rings. The van der Waals surface area contributed by atoms with Crippen LogP contribution in [0.3, 0.4) is 0 Å². The van der Waals surface area contributed by atoms with E-state index in [1.54, 1.807) is 12.1 Å². The van der Waals surface area contributed by atoms with Crippen LogP contribution >= 0.6 is 11.6 Å². The van der Waals surface area contributed by atoms with Crippen molar-refractivity contribution in [1.82, 2.24) is 20.8 Å². The minimum Gasteiger partial charge on any atom is -0.484 e. The molecule has 2 N–H and O–H groups in total. The third kappa shape index (κ3) is 6.05. The molecule has 9 heteroatoms. The first kappa shape index (κ1) is 22.3. The number of hydrogen-bond acceptors (Lipinski definition) is 6. The van der Waals surface area contributed by atoms with Gasteiger partial charge in [0.1, 0.15) is 5.75 Å². The molecule has 0 aliphatic heterocycles. The Morgan fingerprint density at radius 2 is 1.77 bits per heavy atom. The van der Waals surface area contributed by atoms with Crippen LogP contribution in [-0.4, -0.2) is 41.7 Å². The SMILES string of the molecule is Cc1cccc(-c2noc(C(=O)NCCNC(=O)COc3cc(C)c(Cl)c(C)c3)n2)c1. The molecule has 31 heavy (non-hydrogen) atoms. The molecule has 2 aromatic carbocycles. The Kier molecular flexibility index (Phi) is 7.25. The lowest BCUT2D eigenvalue weighted by atomic mass is 10.1. The number of rotatable bonds is 8. The maximum Gasteiger partial charge on any atom is 0.316 e. The zero-order chi connectivity index (χ0) is 22.4. The van der Waals surface area contributed by atoms with Crippen molar-refractivity contribution in [1.29, 1.82) is 0 Å². The predicted octanol–water partition coefficient (Wildman–Crippen LogP) is 3.24. The van der Waals surface area contributed by atoms with Crippen molar-refractivity contribution >= 4 is 23.4 Å². The van der Waals surface area contributed by atoms with Crippen LogP contribution in [0.1, 0.15) is 27.4 Å². The number of carbonyl (C=O) groups excluding carboxylic acids is 2. The standard InChI is InChI=1S/C22H23ClN4O4/c1-13-5-4-6-16(9-13)20-26-22(31-27-20)21(29)25-8-7-24-18(28)12-30-17-10-14(2)19(23)15(3)11-17/h4-6,9-11H,7-8,12H2,1-3H3,(H,24,28)(H,25,29). The van der Waals surface area contributed by atoms with Gasteiger partial charge in [0.15, 0.2) is 6.61 Å². The molecule has 0 aliphatic carbocycles. The van der Waals surface area contributed by atoms with Crippen LogP contribution in [0.4, 0.5) is 0 Å². The number of benzene rings is 2. The second kappa shape index (κ2) is 10.1. The van der Waals surface area contributed by atoms with E-state index in [1.165, 1.54) is 0 Å². The van der Waals surface area contributed by atoms with Crippen molar-refractivity contribution in [3.63, 3.8) is 0 Å². The van der Waals surface area contributed by atoms with E-state index in [2.05, 4.69) is 20.8 Å².